The molecular formula is C22H30N2O2. The molecule has 1 saturated carbocycles. The summed E-state index contributed by atoms with van der Waals surface area (Å²) in [7, 11) is 2.08. The Morgan fingerprint density at radius 1 is 1.23 bits per heavy atom. The molecule has 0 radical (unpaired) electrons. The average molecular weight is 354 g/mol. The van der Waals surface area contributed by atoms with E-state index in [1.165, 1.54) is 29.3 Å². The van der Waals surface area contributed by atoms with Crippen LogP contribution in [-0.4, -0.2) is 40.7 Å². The van der Waals surface area contributed by atoms with Crippen molar-refractivity contribution in [3.8, 4) is 0 Å². The largest absolute Gasteiger partial charge is 0.374 e. The van der Waals surface area contributed by atoms with Crippen molar-refractivity contribution in [2.24, 2.45) is 7.05 Å². The van der Waals surface area contributed by atoms with Gasteiger partial charge in [-0.2, -0.15) is 0 Å². The molecule has 0 bridgehead atoms. The number of carbonyl (C=O) groups excluding carboxylic acids is 1. The molecule has 4 nitrogen and oxygen atoms in total. The zero-order valence-electron chi connectivity index (χ0n) is 16.2. The van der Waals surface area contributed by atoms with Crippen molar-refractivity contribution in [3.63, 3.8) is 0 Å². The van der Waals surface area contributed by atoms with E-state index in [1.807, 2.05) is 0 Å². The molecule has 4 rings (SSSR count). The van der Waals surface area contributed by atoms with E-state index >= 15 is 0 Å². The van der Waals surface area contributed by atoms with Crippen LogP contribution in [0.4, 0.5) is 0 Å². The van der Waals surface area contributed by atoms with Gasteiger partial charge < -0.3 is 14.2 Å². The van der Waals surface area contributed by atoms with Crippen LogP contribution in [0, 0.1) is 0 Å². The molecule has 2 heterocycles. The fourth-order valence-corrected chi connectivity index (χ4v) is 4.86. The smallest absolute Gasteiger partial charge is 0.223 e. The third kappa shape index (κ3) is 3.05. The van der Waals surface area contributed by atoms with Gasteiger partial charge in [0.05, 0.1) is 18.8 Å². The second-order valence-electron chi connectivity index (χ2n) is 8.58. The number of fused-ring (bicyclic) bond motifs is 2. The molecule has 1 aliphatic heterocycles. The van der Waals surface area contributed by atoms with Gasteiger partial charge in [-0.15, -0.1) is 0 Å². The summed E-state index contributed by atoms with van der Waals surface area (Å²) in [5, 5.41) is 1.25. The summed E-state index contributed by atoms with van der Waals surface area (Å²) in [6.07, 6.45) is 7.62. The predicted molar refractivity (Wildman–Crippen MR) is 104 cm³/mol. The minimum atomic E-state index is -0.194. The number of nitrogens with zero attached hydrogens (tertiary/aromatic N) is 2. The Hall–Kier alpha value is -1.81. The molecule has 26 heavy (non-hydrogen) atoms. The molecule has 1 saturated heterocycles. The van der Waals surface area contributed by atoms with Gasteiger partial charge in [0.2, 0.25) is 5.91 Å². The maximum Gasteiger partial charge on any atom is 0.223 e. The van der Waals surface area contributed by atoms with Crippen LogP contribution in [0.1, 0.15) is 51.5 Å². The quantitative estimate of drug-likeness (QED) is 0.834. The number of amides is 1. The summed E-state index contributed by atoms with van der Waals surface area (Å²) in [6.45, 7) is 5.82. The van der Waals surface area contributed by atoms with Crippen molar-refractivity contribution in [2.75, 3.05) is 13.2 Å². The van der Waals surface area contributed by atoms with Crippen LogP contribution in [0.2, 0.25) is 0 Å². The SMILES string of the molecule is Cn1cc(C(C)(C)CC(=O)N2CCOC3CCCCC32)c2ccccc21. The lowest BCUT2D eigenvalue weighted by molar-refractivity contribution is -0.150. The minimum absolute atomic E-state index is 0.194. The first-order chi connectivity index (χ1) is 12.5. The molecule has 2 fully saturated rings. The second-order valence-corrected chi connectivity index (χ2v) is 8.58. The molecule has 2 atom stereocenters. The highest BCUT2D eigenvalue weighted by Crippen LogP contribution is 2.36. The van der Waals surface area contributed by atoms with E-state index in [0.29, 0.717) is 13.0 Å². The van der Waals surface area contributed by atoms with Crippen molar-refractivity contribution < 1.29 is 9.53 Å². The van der Waals surface area contributed by atoms with E-state index in [4.69, 9.17) is 4.74 Å². The third-order valence-electron chi connectivity index (χ3n) is 6.27. The van der Waals surface area contributed by atoms with E-state index in [0.717, 1.165) is 19.4 Å². The zero-order chi connectivity index (χ0) is 18.3. The van der Waals surface area contributed by atoms with Gasteiger partial charge in [0, 0.05) is 42.5 Å². The van der Waals surface area contributed by atoms with Gasteiger partial charge in [-0.1, -0.05) is 44.9 Å². The normalized spacial score (nSPS) is 23.9. The summed E-state index contributed by atoms with van der Waals surface area (Å²) in [5.41, 5.74) is 2.29. The lowest BCUT2D eigenvalue weighted by Crippen LogP contribution is -2.55. The van der Waals surface area contributed by atoms with Crippen molar-refractivity contribution in [3.05, 3.63) is 36.0 Å². The Labute approximate surface area is 156 Å². The lowest BCUT2D eigenvalue weighted by Gasteiger charge is -2.44. The van der Waals surface area contributed by atoms with Crippen LogP contribution >= 0.6 is 0 Å². The number of hydrogen-bond acceptors (Lipinski definition) is 2. The van der Waals surface area contributed by atoms with Gasteiger partial charge >= 0.3 is 0 Å². The molecule has 2 aliphatic rings. The summed E-state index contributed by atoms with van der Waals surface area (Å²) in [4.78, 5) is 15.4. The number of carbonyl (C=O) groups is 1. The van der Waals surface area contributed by atoms with Crippen molar-refractivity contribution in [2.45, 2.75) is 63.5 Å². The number of ether oxygens (including phenoxy) is 1. The van der Waals surface area contributed by atoms with Crippen LogP contribution in [0.15, 0.2) is 30.5 Å². The maximum absolute atomic E-state index is 13.2. The van der Waals surface area contributed by atoms with Crippen LogP contribution in [0.3, 0.4) is 0 Å². The first-order valence-electron chi connectivity index (χ1n) is 9.93. The zero-order valence-corrected chi connectivity index (χ0v) is 16.2. The van der Waals surface area contributed by atoms with Gasteiger partial charge in [-0.3, -0.25) is 4.79 Å². The van der Waals surface area contributed by atoms with E-state index in [-0.39, 0.29) is 23.5 Å². The number of para-hydroxylation sites is 1. The lowest BCUT2D eigenvalue weighted by atomic mass is 9.80. The van der Waals surface area contributed by atoms with E-state index in [2.05, 4.69) is 60.8 Å². The number of aromatic nitrogens is 1. The van der Waals surface area contributed by atoms with Gasteiger partial charge in [-0.05, 0) is 24.5 Å². The van der Waals surface area contributed by atoms with Gasteiger partial charge in [0.15, 0.2) is 0 Å². The number of rotatable bonds is 3. The molecule has 1 aliphatic carbocycles. The van der Waals surface area contributed by atoms with Crippen LogP contribution in [0.25, 0.3) is 10.9 Å². The molecule has 1 aromatic carbocycles. The fraction of sp³-hybridized carbons (Fsp3) is 0.591. The highest BCUT2D eigenvalue weighted by molar-refractivity contribution is 5.86. The first-order valence-corrected chi connectivity index (χ1v) is 9.93. The van der Waals surface area contributed by atoms with Crippen molar-refractivity contribution >= 4 is 16.8 Å². The van der Waals surface area contributed by atoms with Crippen molar-refractivity contribution in [1.29, 1.82) is 0 Å². The molecule has 2 aromatic rings. The van der Waals surface area contributed by atoms with Crippen LogP contribution < -0.4 is 0 Å². The predicted octanol–water partition coefficient (Wildman–Crippen LogP) is 4.02. The third-order valence-corrected chi connectivity index (χ3v) is 6.27. The Balaban J connectivity index is 1.57. The number of benzene rings is 1. The molecular weight excluding hydrogens is 324 g/mol. The molecule has 2 unspecified atom stereocenters. The molecule has 0 N–H and O–H groups in total. The van der Waals surface area contributed by atoms with Crippen LogP contribution in [-0.2, 0) is 22.0 Å². The Morgan fingerprint density at radius 2 is 2.00 bits per heavy atom. The fourth-order valence-electron chi connectivity index (χ4n) is 4.86. The van der Waals surface area contributed by atoms with Crippen LogP contribution in [0.5, 0.6) is 0 Å². The number of hydrogen-bond donors (Lipinski definition) is 0. The minimum Gasteiger partial charge on any atom is -0.374 e. The monoisotopic (exact) mass is 354 g/mol. The summed E-state index contributed by atoms with van der Waals surface area (Å²) >= 11 is 0. The van der Waals surface area contributed by atoms with E-state index < -0.39 is 0 Å². The van der Waals surface area contributed by atoms with E-state index in [1.54, 1.807) is 0 Å². The Bertz CT molecular complexity index is 806. The number of morpholine rings is 1. The second kappa shape index (κ2) is 6.73. The Kier molecular flexibility index (Phi) is 4.55. The highest BCUT2D eigenvalue weighted by Gasteiger charge is 2.38. The maximum atomic E-state index is 13.2. The molecule has 1 amide bonds. The molecule has 140 valence electrons. The Morgan fingerprint density at radius 3 is 2.85 bits per heavy atom. The molecule has 4 heteroatoms. The molecule has 0 spiro atoms. The topological polar surface area (TPSA) is 34.5 Å². The average Bonchev–Trinajstić information content (AvgIpc) is 2.99. The van der Waals surface area contributed by atoms with Gasteiger partial charge in [0.25, 0.3) is 0 Å². The summed E-state index contributed by atoms with van der Waals surface area (Å²) < 4.78 is 8.11. The summed E-state index contributed by atoms with van der Waals surface area (Å²) in [5.74, 6) is 0.281. The van der Waals surface area contributed by atoms with Gasteiger partial charge in [0.1, 0.15) is 0 Å². The molecule has 1 aromatic heterocycles. The van der Waals surface area contributed by atoms with E-state index in [9.17, 15) is 4.79 Å². The first kappa shape index (κ1) is 17.6. The standard InChI is InChI=1S/C22H30N2O2/c1-22(2,17-15-23(3)18-9-5-4-8-16(17)18)14-21(25)24-12-13-26-20-11-7-6-10-19(20)24/h4-5,8-9,15,19-20H,6-7,10-14H2,1-3H3. The van der Waals surface area contributed by atoms with Crippen molar-refractivity contribution in [1.82, 2.24) is 9.47 Å². The van der Waals surface area contributed by atoms with Gasteiger partial charge in [-0.25, -0.2) is 0 Å². The summed E-state index contributed by atoms with van der Waals surface area (Å²) in [6, 6.07) is 8.75. The number of aryl methyl sites for hydroxylation is 1. The highest BCUT2D eigenvalue weighted by atomic mass is 16.5.